The first-order valence-corrected chi connectivity index (χ1v) is 5.82. The summed E-state index contributed by atoms with van der Waals surface area (Å²) in [6.07, 6.45) is 1.75. The summed E-state index contributed by atoms with van der Waals surface area (Å²) >= 11 is 0. The molecule has 5 heteroatoms. The van der Waals surface area contributed by atoms with Crippen LogP contribution in [0.4, 0.5) is 0 Å². The van der Waals surface area contributed by atoms with Gasteiger partial charge < -0.3 is 5.11 Å². The van der Waals surface area contributed by atoms with Gasteiger partial charge in [0, 0.05) is 24.8 Å². The predicted octanol–water partition coefficient (Wildman–Crippen LogP) is 1.59. The van der Waals surface area contributed by atoms with E-state index in [1.54, 1.807) is 6.20 Å². The van der Waals surface area contributed by atoms with Crippen LogP contribution in [0.3, 0.4) is 0 Å². The second-order valence-corrected chi connectivity index (χ2v) is 5.06. The van der Waals surface area contributed by atoms with E-state index in [0.717, 1.165) is 12.2 Å². The van der Waals surface area contributed by atoms with Gasteiger partial charge >= 0.3 is 5.97 Å². The van der Waals surface area contributed by atoms with Crippen molar-refractivity contribution in [3.05, 3.63) is 18.0 Å². The Balaban J connectivity index is 2.83. The van der Waals surface area contributed by atoms with E-state index in [1.807, 2.05) is 43.3 Å². The summed E-state index contributed by atoms with van der Waals surface area (Å²) in [6, 6.07) is 1.93. The van der Waals surface area contributed by atoms with Crippen LogP contribution < -0.4 is 0 Å². The van der Waals surface area contributed by atoms with Crippen LogP contribution >= 0.6 is 0 Å². The summed E-state index contributed by atoms with van der Waals surface area (Å²) in [6.45, 7) is 9.51. The quantitative estimate of drug-likeness (QED) is 0.847. The number of nitrogens with zero attached hydrogens (tertiary/aromatic N) is 3. The van der Waals surface area contributed by atoms with Gasteiger partial charge in [-0.2, -0.15) is 5.10 Å². The predicted molar refractivity (Wildman–Crippen MR) is 65.7 cm³/mol. The molecule has 1 N–H and O–H groups in total. The molecule has 0 fully saturated rings. The molecule has 0 aliphatic heterocycles. The van der Waals surface area contributed by atoms with E-state index in [-0.39, 0.29) is 12.1 Å². The molecule has 17 heavy (non-hydrogen) atoms. The molecular formula is C12H21N3O2. The Bertz CT molecular complexity index is 379. The third-order valence-electron chi connectivity index (χ3n) is 2.73. The molecule has 96 valence electrons. The Morgan fingerprint density at radius 3 is 2.65 bits per heavy atom. The lowest BCUT2D eigenvalue weighted by molar-refractivity contribution is -0.140. The van der Waals surface area contributed by atoms with Crippen molar-refractivity contribution in [2.24, 2.45) is 0 Å². The number of aliphatic carboxylic acids is 1. The summed E-state index contributed by atoms with van der Waals surface area (Å²) in [7, 11) is 0. The molecule has 0 saturated heterocycles. The van der Waals surface area contributed by atoms with Crippen molar-refractivity contribution in [1.82, 2.24) is 14.7 Å². The van der Waals surface area contributed by atoms with Crippen molar-refractivity contribution in [2.45, 2.75) is 46.3 Å². The van der Waals surface area contributed by atoms with E-state index in [9.17, 15) is 4.79 Å². The largest absolute Gasteiger partial charge is 0.480 e. The maximum absolute atomic E-state index is 10.9. The highest BCUT2D eigenvalue weighted by atomic mass is 16.4. The molecule has 0 unspecified atom stereocenters. The van der Waals surface area contributed by atoms with Gasteiger partial charge in [-0.15, -0.1) is 0 Å². The van der Waals surface area contributed by atoms with Crippen molar-refractivity contribution in [2.75, 3.05) is 6.54 Å². The SMILES string of the molecule is CCn1nccc1CN(CC(=O)O)C(C)(C)C. The average molecular weight is 239 g/mol. The number of carboxylic acids is 1. The van der Waals surface area contributed by atoms with E-state index < -0.39 is 5.97 Å². The van der Waals surface area contributed by atoms with Gasteiger partial charge in [0.1, 0.15) is 0 Å². The fourth-order valence-corrected chi connectivity index (χ4v) is 1.67. The molecule has 0 amide bonds. The summed E-state index contributed by atoms with van der Waals surface area (Å²) < 4.78 is 1.89. The van der Waals surface area contributed by atoms with Crippen LogP contribution in [0.2, 0.25) is 0 Å². The molecule has 0 atom stereocenters. The lowest BCUT2D eigenvalue weighted by Crippen LogP contribution is -2.44. The molecule has 0 aliphatic rings. The third kappa shape index (κ3) is 3.85. The fraction of sp³-hybridized carbons (Fsp3) is 0.667. The fourth-order valence-electron chi connectivity index (χ4n) is 1.67. The Morgan fingerprint density at radius 1 is 1.53 bits per heavy atom. The van der Waals surface area contributed by atoms with Crippen LogP contribution in [-0.4, -0.2) is 37.8 Å². The van der Waals surface area contributed by atoms with Crippen LogP contribution in [0.15, 0.2) is 12.3 Å². The lowest BCUT2D eigenvalue weighted by atomic mass is 10.1. The standard InChI is InChI=1S/C12H21N3O2/c1-5-15-10(6-7-13-15)8-14(9-11(16)17)12(2,3)4/h6-7H,5,8-9H2,1-4H3,(H,16,17). The maximum Gasteiger partial charge on any atom is 0.317 e. The minimum Gasteiger partial charge on any atom is -0.480 e. The monoisotopic (exact) mass is 239 g/mol. The summed E-state index contributed by atoms with van der Waals surface area (Å²) in [5, 5.41) is 13.1. The van der Waals surface area contributed by atoms with Gasteiger partial charge in [-0.05, 0) is 33.8 Å². The first-order valence-electron chi connectivity index (χ1n) is 5.82. The van der Waals surface area contributed by atoms with Gasteiger partial charge in [-0.3, -0.25) is 14.4 Å². The zero-order chi connectivity index (χ0) is 13.1. The van der Waals surface area contributed by atoms with E-state index in [0.29, 0.717) is 6.54 Å². The van der Waals surface area contributed by atoms with Crippen LogP contribution in [0.1, 0.15) is 33.4 Å². The van der Waals surface area contributed by atoms with Gasteiger partial charge in [0.25, 0.3) is 0 Å². The van der Waals surface area contributed by atoms with Gasteiger partial charge in [-0.25, -0.2) is 0 Å². The molecule has 1 aromatic rings. The van der Waals surface area contributed by atoms with Crippen LogP contribution in [0.5, 0.6) is 0 Å². The highest BCUT2D eigenvalue weighted by Crippen LogP contribution is 2.16. The Labute approximate surface area is 102 Å². The number of hydrogen-bond donors (Lipinski definition) is 1. The van der Waals surface area contributed by atoms with Crippen molar-refractivity contribution >= 4 is 5.97 Å². The summed E-state index contributed by atoms with van der Waals surface area (Å²) in [5.74, 6) is -0.803. The molecule has 0 aromatic carbocycles. The highest BCUT2D eigenvalue weighted by molar-refractivity contribution is 5.69. The second kappa shape index (κ2) is 5.31. The van der Waals surface area contributed by atoms with Crippen molar-refractivity contribution in [3.63, 3.8) is 0 Å². The molecule has 1 heterocycles. The minimum absolute atomic E-state index is 0.0401. The van der Waals surface area contributed by atoms with E-state index in [2.05, 4.69) is 5.10 Å². The number of carboxylic acid groups (broad SMARTS) is 1. The Kier molecular flexibility index (Phi) is 4.28. The topological polar surface area (TPSA) is 58.4 Å². The first-order chi connectivity index (χ1) is 7.84. The van der Waals surface area contributed by atoms with E-state index in [4.69, 9.17) is 5.11 Å². The molecule has 1 aromatic heterocycles. The number of hydrogen-bond acceptors (Lipinski definition) is 3. The normalized spacial score (nSPS) is 12.1. The average Bonchev–Trinajstić information content (AvgIpc) is 2.62. The van der Waals surface area contributed by atoms with Crippen molar-refractivity contribution < 1.29 is 9.90 Å². The van der Waals surface area contributed by atoms with Crippen LogP contribution in [-0.2, 0) is 17.9 Å². The van der Waals surface area contributed by atoms with Crippen LogP contribution in [0, 0.1) is 0 Å². The molecule has 1 rings (SSSR count). The molecular weight excluding hydrogens is 218 g/mol. The minimum atomic E-state index is -0.803. The lowest BCUT2D eigenvalue weighted by Gasteiger charge is -2.34. The molecule has 0 radical (unpaired) electrons. The van der Waals surface area contributed by atoms with Crippen molar-refractivity contribution in [3.8, 4) is 0 Å². The number of aromatic nitrogens is 2. The van der Waals surface area contributed by atoms with Gasteiger partial charge in [0.05, 0.1) is 12.2 Å². The number of rotatable bonds is 5. The Hall–Kier alpha value is -1.36. The summed E-state index contributed by atoms with van der Waals surface area (Å²) in [5.41, 5.74) is 0.866. The molecule has 0 bridgehead atoms. The van der Waals surface area contributed by atoms with E-state index >= 15 is 0 Å². The van der Waals surface area contributed by atoms with Gasteiger partial charge in [0.15, 0.2) is 0 Å². The zero-order valence-electron chi connectivity index (χ0n) is 11.0. The van der Waals surface area contributed by atoms with Gasteiger partial charge in [-0.1, -0.05) is 0 Å². The smallest absolute Gasteiger partial charge is 0.317 e. The highest BCUT2D eigenvalue weighted by Gasteiger charge is 2.24. The Morgan fingerprint density at radius 2 is 2.18 bits per heavy atom. The molecule has 0 aliphatic carbocycles. The third-order valence-corrected chi connectivity index (χ3v) is 2.73. The molecule has 0 saturated carbocycles. The first kappa shape index (κ1) is 13.7. The number of aryl methyl sites for hydroxylation is 1. The molecule has 0 spiro atoms. The van der Waals surface area contributed by atoms with Gasteiger partial charge in [0.2, 0.25) is 0 Å². The van der Waals surface area contributed by atoms with Crippen molar-refractivity contribution in [1.29, 1.82) is 0 Å². The van der Waals surface area contributed by atoms with E-state index in [1.165, 1.54) is 0 Å². The zero-order valence-corrected chi connectivity index (χ0v) is 11.0. The van der Waals surface area contributed by atoms with Crippen LogP contribution in [0.25, 0.3) is 0 Å². The number of carbonyl (C=O) groups is 1. The molecule has 5 nitrogen and oxygen atoms in total. The summed E-state index contributed by atoms with van der Waals surface area (Å²) in [4.78, 5) is 12.8. The second-order valence-electron chi connectivity index (χ2n) is 5.06. The maximum atomic E-state index is 10.9.